The van der Waals surface area contributed by atoms with Crippen LogP contribution in [-0.4, -0.2) is 45.5 Å². The zero-order valence-electron chi connectivity index (χ0n) is 18.9. The summed E-state index contributed by atoms with van der Waals surface area (Å²) in [6, 6.07) is 14.3. The zero-order chi connectivity index (χ0) is 24.2. The number of hydrogen-bond donors (Lipinski definition) is 3. The van der Waals surface area contributed by atoms with E-state index < -0.39 is 30.1 Å². The van der Waals surface area contributed by atoms with Crippen LogP contribution in [-0.2, 0) is 21.4 Å². The van der Waals surface area contributed by atoms with E-state index in [2.05, 4.69) is 27.9 Å². The molecule has 1 aliphatic rings. The number of aliphatic carboxylic acids is 1. The summed E-state index contributed by atoms with van der Waals surface area (Å²) in [5, 5.41) is 18.5. The second-order valence-corrected chi connectivity index (χ2v) is 8.36. The number of ether oxygens (including phenoxy) is 1. The largest absolute Gasteiger partial charge is 0.479 e. The molecule has 1 heterocycles. The predicted octanol–water partition coefficient (Wildman–Crippen LogP) is 2.98. The molecule has 176 valence electrons. The van der Waals surface area contributed by atoms with Gasteiger partial charge in [0.2, 0.25) is 5.91 Å². The van der Waals surface area contributed by atoms with Crippen molar-refractivity contribution in [3.05, 3.63) is 77.6 Å². The quantitative estimate of drug-likeness (QED) is 0.473. The zero-order valence-corrected chi connectivity index (χ0v) is 18.9. The van der Waals surface area contributed by atoms with E-state index in [-0.39, 0.29) is 18.9 Å². The van der Waals surface area contributed by atoms with Crippen molar-refractivity contribution in [2.75, 3.05) is 6.61 Å². The van der Waals surface area contributed by atoms with Crippen molar-refractivity contribution >= 4 is 18.0 Å². The molecule has 2 atom stereocenters. The highest BCUT2D eigenvalue weighted by Gasteiger charge is 2.29. The van der Waals surface area contributed by atoms with Crippen LogP contribution < -0.4 is 10.6 Å². The lowest BCUT2D eigenvalue weighted by molar-refractivity contribution is -0.142. The van der Waals surface area contributed by atoms with Gasteiger partial charge in [0.15, 0.2) is 6.04 Å². The molecule has 2 aromatic carbocycles. The van der Waals surface area contributed by atoms with Crippen LogP contribution in [0.15, 0.2) is 60.9 Å². The highest BCUT2D eigenvalue weighted by molar-refractivity contribution is 5.85. The van der Waals surface area contributed by atoms with Crippen LogP contribution in [0.4, 0.5) is 4.79 Å². The molecular weight excluding hydrogens is 436 g/mol. The normalized spacial score (nSPS) is 13.9. The molecule has 2 amide bonds. The topological polar surface area (TPSA) is 123 Å². The lowest BCUT2D eigenvalue weighted by atomic mass is 9.98. The second kappa shape index (κ2) is 9.78. The Kier molecular flexibility index (Phi) is 6.62. The Morgan fingerprint density at radius 2 is 1.68 bits per heavy atom. The van der Waals surface area contributed by atoms with Crippen LogP contribution in [0.5, 0.6) is 0 Å². The molecule has 9 heteroatoms. The Labute approximate surface area is 196 Å². The van der Waals surface area contributed by atoms with Crippen LogP contribution in [0.2, 0.25) is 0 Å². The van der Waals surface area contributed by atoms with Crippen LogP contribution in [0.25, 0.3) is 11.1 Å². The van der Waals surface area contributed by atoms with Crippen molar-refractivity contribution in [1.82, 2.24) is 20.4 Å². The Hall–Kier alpha value is -4.14. The van der Waals surface area contributed by atoms with Gasteiger partial charge in [-0.15, -0.1) is 0 Å². The number of rotatable bonds is 8. The van der Waals surface area contributed by atoms with Crippen LogP contribution in [0.1, 0.15) is 42.0 Å². The average molecular weight is 463 g/mol. The van der Waals surface area contributed by atoms with E-state index in [0.717, 1.165) is 22.3 Å². The fraction of sp³-hybridized carbons (Fsp3) is 0.280. The molecule has 9 nitrogen and oxygen atoms in total. The Morgan fingerprint density at radius 1 is 1.06 bits per heavy atom. The molecule has 0 radical (unpaired) electrons. The van der Waals surface area contributed by atoms with Crippen LogP contribution in [0.3, 0.4) is 0 Å². The minimum Gasteiger partial charge on any atom is -0.479 e. The third-order valence-electron chi connectivity index (χ3n) is 5.81. The number of carboxylic acids is 1. The van der Waals surface area contributed by atoms with E-state index in [1.165, 1.54) is 17.1 Å². The van der Waals surface area contributed by atoms with Gasteiger partial charge in [0, 0.05) is 37.2 Å². The summed E-state index contributed by atoms with van der Waals surface area (Å²) in [5.41, 5.74) is 4.86. The maximum atomic E-state index is 12.4. The molecule has 0 saturated carbocycles. The summed E-state index contributed by atoms with van der Waals surface area (Å²) in [5.74, 6) is -1.77. The first-order valence-corrected chi connectivity index (χ1v) is 11.0. The first-order chi connectivity index (χ1) is 16.3. The molecule has 0 fully saturated rings. The minimum atomic E-state index is -1.22. The van der Waals surface area contributed by atoms with Crippen molar-refractivity contribution in [1.29, 1.82) is 0 Å². The maximum Gasteiger partial charge on any atom is 0.407 e. The number of aryl methyl sites for hydroxylation is 1. The molecule has 3 aromatic rings. The Bertz CT molecular complexity index is 1180. The fourth-order valence-electron chi connectivity index (χ4n) is 4.27. The van der Waals surface area contributed by atoms with Gasteiger partial charge in [-0.2, -0.15) is 5.10 Å². The molecule has 0 bridgehead atoms. The van der Waals surface area contributed by atoms with Gasteiger partial charge in [0.1, 0.15) is 6.61 Å². The first kappa shape index (κ1) is 23.0. The molecule has 3 N–H and O–H groups in total. The van der Waals surface area contributed by atoms with Gasteiger partial charge in [-0.3, -0.25) is 9.48 Å². The molecular formula is C25H26N4O5. The number of nitrogens with one attached hydrogen (secondary N) is 2. The van der Waals surface area contributed by atoms with Crippen molar-refractivity contribution in [2.45, 2.75) is 31.3 Å². The van der Waals surface area contributed by atoms with E-state index >= 15 is 0 Å². The molecule has 4 rings (SSSR count). The molecule has 34 heavy (non-hydrogen) atoms. The number of nitrogens with zero attached hydrogens (tertiary/aromatic N) is 2. The molecule has 0 saturated heterocycles. The van der Waals surface area contributed by atoms with Crippen LogP contribution in [0, 0.1) is 0 Å². The monoisotopic (exact) mass is 462 g/mol. The number of alkyl carbamates (subject to hydrolysis) is 1. The summed E-state index contributed by atoms with van der Waals surface area (Å²) in [6.07, 6.45) is 2.17. The lowest BCUT2D eigenvalue weighted by Crippen LogP contribution is -2.40. The summed E-state index contributed by atoms with van der Waals surface area (Å²) in [6.45, 7) is 1.82. The fourth-order valence-corrected chi connectivity index (χ4v) is 4.27. The van der Waals surface area contributed by atoms with Gasteiger partial charge in [0.25, 0.3) is 0 Å². The van der Waals surface area contributed by atoms with Gasteiger partial charge < -0.3 is 20.5 Å². The standard InChI is InChI=1S/C25H26N4O5/c1-15(11-22(30)28-23(24(31)32)16-12-26-29(2)13-16)27-25(33)34-14-21-19-9-5-3-7-17(19)18-8-4-6-10-20(18)21/h3-10,12-13,15,21,23H,11,14H2,1-2H3,(H,27,33)(H,28,30)(H,31,32)/t15-,23?/m0/s1. The molecule has 1 aromatic heterocycles. The smallest absolute Gasteiger partial charge is 0.407 e. The number of amides is 2. The van der Waals surface area contributed by atoms with Gasteiger partial charge in [-0.1, -0.05) is 48.5 Å². The molecule has 0 spiro atoms. The first-order valence-electron chi connectivity index (χ1n) is 11.0. The third kappa shape index (κ3) is 4.93. The number of aromatic nitrogens is 2. The lowest BCUT2D eigenvalue weighted by Gasteiger charge is -2.18. The predicted molar refractivity (Wildman–Crippen MR) is 124 cm³/mol. The van der Waals surface area contributed by atoms with Gasteiger partial charge in [-0.25, -0.2) is 9.59 Å². The third-order valence-corrected chi connectivity index (χ3v) is 5.81. The van der Waals surface area contributed by atoms with Gasteiger partial charge in [-0.05, 0) is 29.2 Å². The van der Waals surface area contributed by atoms with Crippen molar-refractivity contribution in [2.24, 2.45) is 7.05 Å². The number of carbonyl (C=O) groups is 3. The maximum absolute atomic E-state index is 12.4. The number of benzene rings is 2. The van der Waals surface area contributed by atoms with E-state index in [4.69, 9.17) is 4.74 Å². The van der Waals surface area contributed by atoms with Crippen molar-refractivity contribution < 1.29 is 24.2 Å². The number of fused-ring (bicyclic) bond motifs is 3. The van der Waals surface area contributed by atoms with E-state index in [1.54, 1.807) is 14.0 Å². The Balaban J connectivity index is 1.30. The molecule has 0 aliphatic heterocycles. The van der Waals surface area contributed by atoms with Crippen LogP contribution >= 0.6 is 0 Å². The summed E-state index contributed by atoms with van der Waals surface area (Å²) >= 11 is 0. The average Bonchev–Trinajstić information content (AvgIpc) is 3.37. The number of carbonyl (C=O) groups excluding carboxylic acids is 2. The van der Waals surface area contributed by atoms with E-state index in [1.807, 2.05) is 36.4 Å². The van der Waals surface area contributed by atoms with Crippen molar-refractivity contribution in [3.8, 4) is 11.1 Å². The van der Waals surface area contributed by atoms with E-state index in [0.29, 0.717) is 5.56 Å². The summed E-state index contributed by atoms with van der Waals surface area (Å²) < 4.78 is 6.95. The summed E-state index contributed by atoms with van der Waals surface area (Å²) in [7, 11) is 1.66. The highest BCUT2D eigenvalue weighted by atomic mass is 16.5. The van der Waals surface area contributed by atoms with Gasteiger partial charge >= 0.3 is 12.1 Å². The second-order valence-electron chi connectivity index (χ2n) is 8.36. The SMILES string of the molecule is C[C@@H](CC(=O)NC(C(=O)O)c1cnn(C)c1)NC(=O)OCC1c2ccccc2-c2ccccc21. The Morgan fingerprint density at radius 3 is 2.24 bits per heavy atom. The number of carboxylic acid groups (broad SMARTS) is 1. The minimum absolute atomic E-state index is 0.0624. The van der Waals surface area contributed by atoms with Gasteiger partial charge in [0.05, 0.1) is 6.20 Å². The highest BCUT2D eigenvalue weighted by Crippen LogP contribution is 2.44. The van der Waals surface area contributed by atoms with Crippen molar-refractivity contribution in [3.63, 3.8) is 0 Å². The molecule has 1 aliphatic carbocycles. The van der Waals surface area contributed by atoms with E-state index in [9.17, 15) is 19.5 Å². The summed E-state index contributed by atoms with van der Waals surface area (Å²) in [4.78, 5) is 36.3. The molecule has 1 unspecified atom stereocenters. The number of hydrogen-bond acceptors (Lipinski definition) is 5.